The molecule has 0 saturated carbocycles. The molecule has 11 heteroatoms. The van der Waals surface area contributed by atoms with Gasteiger partial charge in [-0.2, -0.15) is 13.2 Å². The smallest absolute Gasteiger partial charge is 0.417 e. The third kappa shape index (κ3) is 5.91. The first-order valence-electron chi connectivity index (χ1n) is 10.8. The third-order valence-corrected chi connectivity index (χ3v) is 6.53. The lowest BCUT2D eigenvalue weighted by molar-refractivity contribution is -0.152. The van der Waals surface area contributed by atoms with Crippen molar-refractivity contribution in [2.24, 2.45) is 0 Å². The second kappa shape index (κ2) is 10.6. The largest absolute Gasteiger partial charge is 0.486 e. The number of carbonyl (C=O) groups is 2. The van der Waals surface area contributed by atoms with Gasteiger partial charge in [0.1, 0.15) is 19.3 Å². The van der Waals surface area contributed by atoms with Gasteiger partial charge >= 0.3 is 12.1 Å². The van der Waals surface area contributed by atoms with Crippen molar-refractivity contribution in [1.29, 1.82) is 0 Å². The Bertz CT molecular complexity index is 1140. The van der Waals surface area contributed by atoms with Crippen LogP contribution in [0.3, 0.4) is 0 Å². The van der Waals surface area contributed by atoms with Crippen molar-refractivity contribution in [2.45, 2.75) is 22.0 Å². The van der Waals surface area contributed by atoms with Crippen LogP contribution in [-0.2, 0) is 20.5 Å². The summed E-state index contributed by atoms with van der Waals surface area (Å²) in [4.78, 5) is 26.6. The minimum absolute atomic E-state index is 0.0190. The molecule has 1 saturated heterocycles. The highest BCUT2D eigenvalue weighted by Gasteiger charge is 2.34. The molecule has 186 valence electrons. The molecule has 1 unspecified atom stereocenters. The topological polar surface area (TPSA) is 77.1 Å². The second-order valence-corrected chi connectivity index (χ2v) is 8.88. The molecule has 35 heavy (non-hydrogen) atoms. The van der Waals surface area contributed by atoms with E-state index >= 15 is 0 Å². The average molecular weight is 509 g/mol. The lowest BCUT2D eigenvalue weighted by atomic mass is 10.1. The number of carbonyl (C=O) groups excluding carboxylic acids is 2. The van der Waals surface area contributed by atoms with E-state index in [0.29, 0.717) is 36.2 Å². The van der Waals surface area contributed by atoms with Gasteiger partial charge in [-0.3, -0.25) is 4.79 Å². The number of ether oxygens (including phenoxy) is 3. The molecule has 0 spiro atoms. The van der Waals surface area contributed by atoms with Gasteiger partial charge in [0.05, 0.1) is 12.7 Å². The second-order valence-electron chi connectivity index (χ2n) is 7.77. The molecule has 2 aromatic carbocycles. The summed E-state index contributed by atoms with van der Waals surface area (Å²) in [7, 11) is 1.23. The number of halogens is 3. The zero-order chi connectivity index (χ0) is 25.0. The molecular weight excluding hydrogens is 485 g/mol. The number of piperazine rings is 1. The first-order chi connectivity index (χ1) is 16.8. The van der Waals surface area contributed by atoms with Crippen LogP contribution < -0.4 is 14.8 Å². The van der Waals surface area contributed by atoms with E-state index in [9.17, 15) is 22.8 Å². The SMILES string of the molecule is COC(=O)C1CNCCN1C(=O)C=Cc1ccc(Sc2ccc3c(c2)OCCO3)c(C(F)(F)F)c1. The first-order valence-corrected chi connectivity index (χ1v) is 11.6. The van der Waals surface area contributed by atoms with Crippen LogP contribution in [-0.4, -0.2) is 62.8 Å². The molecule has 4 rings (SSSR count). The molecule has 0 bridgehead atoms. The number of benzene rings is 2. The van der Waals surface area contributed by atoms with E-state index in [4.69, 9.17) is 14.2 Å². The monoisotopic (exact) mass is 508 g/mol. The molecule has 1 fully saturated rings. The Morgan fingerprint density at radius 2 is 1.91 bits per heavy atom. The van der Waals surface area contributed by atoms with Crippen molar-refractivity contribution in [3.05, 3.63) is 53.6 Å². The highest BCUT2D eigenvalue weighted by Crippen LogP contribution is 2.42. The maximum atomic E-state index is 13.9. The highest BCUT2D eigenvalue weighted by atomic mass is 32.2. The van der Waals surface area contributed by atoms with Gasteiger partial charge in [0.2, 0.25) is 5.91 Å². The Labute approximate surface area is 204 Å². The van der Waals surface area contributed by atoms with Gasteiger partial charge in [-0.05, 0) is 42.0 Å². The van der Waals surface area contributed by atoms with E-state index in [1.54, 1.807) is 18.2 Å². The molecule has 0 radical (unpaired) electrons. The maximum absolute atomic E-state index is 13.9. The van der Waals surface area contributed by atoms with Crippen molar-refractivity contribution >= 4 is 29.7 Å². The van der Waals surface area contributed by atoms with Crippen molar-refractivity contribution in [3.63, 3.8) is 0 Å². The Kier molecular flexibility index (Phi) is 7.56. The number of methoxy groups -OCH3 is 1. The number of alkyl halides is 3. The minimum Gasteiger partial charge on any atom is -0.486 e. The Morgan fingerprint density at radius 1 is 1.14 bits per heavy atom. The lowest BCUT2D eigenvalue weighted by Gasteiger charge is -2.33. The fourth-order valence-corrected chi connectivity index (χ4v) is 4.73. The normalized spacial score (nSPS) is 17.9. The molecule has 0 aliphatic carbocycles. The molecule has 7 nitrogen and oxygen atoms in total. The summed E-state index contributed by atoms with van der Waals surface area (Å²) in [6.07, 6.45) is -2.12. The number of amides is 1. The van der Waals surface area contributed by atoms with E-state index < -0.39 is 29.7 Å². The summed E-state index contributed by atoms with van der Waals surface area (Å²) in [5, 5.41) is 3.01. The van der Waals surface area contributed by atoms with E-state index in [-0.39, 0.29) is 23.5 Å². The van der Waals surface area contributed by atoms with Gasteiger partial charge in [-0.1, -0.05) is 17.8 Å². The number of nitrogens with zero attached hydrogens (tertiary/aromatic N) is 1. The number of rotatable bonds is 5. The van der Waals surface area contributed by atoms with E-state index in [1.165, 1.54) is 36.3 Å². The van der Waals surface area contributed by atoms with Crippen LogP contribution in [0.4, 0.5) is 13.2 Å². The van der Waals surface area contributed by atoms with Gasteiger partial charge in [-0.15, -0.1) is 0 Å². The molecule has 0 aromatic heterocycles. The molecule has 1 atom stereocenters. The molecule has 2 aliphatic rings. The Morgan fingerprint density at radius 3 is 2.66 bits per heavy atom. The first kappa shape index (κ1) is 24.9. The predicted octanol–water partition coefficient (Wildman–Crippen LogP) is 3.61. The standard InChI is InChI=1S/C24H23F3N2O5S/c1-32-23(31)18-14-28-8-9-29(18)22(30)7-3-15-2-6-21(17(12-15)24(25,26)27)35-16-4-5-19-20(13-16)34-11-10-33-19/h2-7,12-13,18,28H,8-11,14H2,1H3. The van der Waals surface area contributed by atoms with Gasteiger partial charge in [0.15, 0.2) is 11.5 Å². The van der Waals surface area contributed by atoms with Crippen molar-refractivity contribution in [2.75, 3.05) is 40.0 Å². The summed E-state index contributed by atoms with van der Waals surface area (Å²) in [5.41, 5.74) is -0.608. The summed E-state index contributed by atoms with van der Waals surface area (Å²) in [6.45, 7) is 1.82. The molecule has 1 N–H and O–H groups in total. The summed E-state index contributed by atoms with van der Waals surface area (Å²) < 4.78 is 57.3. The van der Waals surface area contributed by atoms with Crippen molar-refractivity contribution in [1.82, 2.24) is 10.2 Å². The number of hydrogen-bond acceptors (Lipinski definition) is 7. The maximum Gasteiger partial charge on any atom is 0.417 e. The van der Waals surface area contributed by atoms with Crippen LogP contribution in [0.1, 0.15) is 11.1 Å². The van der Waals surface area contributed by atoms with Gasteiger partial charge in [-0.25, -0.2) is 4.79 Å². The summed E-state index contributed by atoms with van der Waals surface area (Å²) in [5.74, 6) is 0.00998. The summed E-state index contributed by atoms with van der Waals surface area (Å²) >= 11 is 0.963. The quantitative estimate of drug-likeness (QED) is 0.489. The summed E-state index contributed by atoms with van der Waals surface area (Å²) in [6, 6.07) is 8.09. The van der Waals surface area contributed by atoms with Gasteiger partial charge < -0.3 is 24.4 Å². The fourth-order valence-electron chi connectivity index (χ4n) is 3.75. The van der Waals surface area contributed by atoms with Gasteiger partial charge in [0, 0.05) is 35.5 Å². The van der Waals surface area contributed by atoms with Crippen LogP contribution >= 0.6 is 11.8 Å². The zero-order valence-electron chi connectivity index (χ0n) is 18.8. The van der Waals surface area contributed by atoms with Crippen LogP contribution in [0, 0.1) is 0 Å². The van der Waals surface area contributed by atoms with Crippen LogP contribution in [0.25, 0.3) is 6.08 Å². The number of nitrogens with one attached hydrogen (secondary N) is 1. The molecule has 1 amide bonds. The van der Waals surface area contributed by atoms with E-state index in [0.717, 1.165) is 17.8 Å². The van der Waals surface area contributed by atoms with Crippen molar-refractivity contribution in [3.8, 4) is 11.5 Å². The van der Waals surface area contributed by atoms with Crippen molar-refractivity contribution < 1.29 is 37.0 Å². The van der Waals surface area contributed by atoms with Crippen LogP contribution in [0.2, 0.25) is 0 Å². The molecule has 2 aromatic rings. The fraction of sp³-hybridized carbons (Fsp3) is 0.333. The number of hydrogen-bond donors (Lipinski definition) is 1. The predicted molar refractivity (Wildman–Crippen MR) is 122 cm³/mol. The highest BCUT2D eigenvalue weighted by molar-refractivity contribution is 7.99. The van der Waals surface area contributed by atoms with E-state index in [2.05, 4.69) is 5.32 Å². The molecule has 2 heterocycles. The average Bonchev–Trinajstić information content (AvgIpc) is 2.86. The number of esters is 1. The van der Waals surface area contributed by atoms with Crippen LogP contribution in [0.5, 0.6) is 11.5 Å². The van der Waals surface area contributed by atoms with E-state index in [1.807, 2.05) is 0 Å². The molecular formula is C24H23F3N2O5S. The van der Waals surface area contributed by atoms with Crippen LogP contribution in [0.15, 0.2) is 52.3 Å². The molecule has 2 aliphatic heterocycles. The minimum atomic E-state index is -4.60. The lowest BCUT2D eigenvalue weighted by Crippen LogP contribution is -2.56. The Balaban J connectivity index is 1.54. The Hall–Kier alpha value is -3.18. The van der Waals surface area contributed by atoms with Gasteiger partial charge in [0.25, 0.3) is 0 Å². The third-order valence-electron chi connectivity index (χ3n) is 5.47. The number of fused-ring (bicyclic) bond motifs is 1. The zero-order valence-corrected chi connectivity index (χ0v) is 19.6.